The second kappa shape index (κ2) is 23.4. The second-order valence-electron chi connectivity index (χ2n) is 28.0. The van der Waals surface area contributed by atoms with Crippen molar-refractivity contribution in [2.45, 2.75) is 230 Å². The van der Waals surface area contributed by atoms with E-state index in [1.165, 1.54) is 0 Å². The monoisotopic (exact) mass is 1160 g/mol. The maximum atomic E-state index is 13.8. The summed E-state index contributed by atoms with van der Waals surface area (Å²) >= 11 is 0. The van der Waals surface area contributed by atoms with E-state index < -0.39 is 71.3 Å². The molecular formula is C61H96N2O19. The second-order valence-corrected chi connectivity index (χ2v) is 28.0. The third-order valence-electron chi connectivity index (χ3n) is 23.1. The van der Waals surface area contributed by atoms with E-state index in [9.17, 15) is 19.5 Å². The molecule has 12 heterocycles. The molecule has 0 aromatic heterocycles. The summed E-state index contributed by atoms with van der Waals surface area (Å²) in [6, 6.07) is 0. The number of carbonyl (C=O) groups excluding carboxylic acids is 3. The maximum absolute atomic E-state index is 13.8. The lowest BCUT2D eigenvalue weighted by Gasteiger charge is -2.60. The van der Waals surface area contributed by atoms with Crippen molar-refractivity contribution in [2.24, 2.45) is 71.0 Å². The molecule has 6 bridgehead atoms. The van der Waals surface area contributed by atoms with Crippen LogP contribution in [0.15, 0.2) is 0 Å². The molecule has 15 aliphatic rings. The molecule has 0 aromatic rings. The zero-order chi connectivity index (χ0) is 57.6. The SMILES string of the molecule is C[C@@H]1CC[C@H]2[C@@H](C)C(CC(=O)OCCN(CCO)CCN(CCOC(=O)CC3O[C@@H]4O[C@]5(C)CC[C@H]6[C@H](C)CC[C@@H]([C@H]3C)[C@@]46OO5)CCOC(=O)CC3O[C@@H]4O[C@]5(C)CC[C@H]6[C@H](C)CC[C@@H]([C@H]3C)[C@@]46OO5)O[C@@H]3O[C@]4(C)CC[C@@H]1[C@]32OO4. The molecular weight excluding hydrogens is 1060 g/mol. The molecule has 3 spiro atoms. The molecule has 12 aliphatic heterocycles. The van der Waals surface area contributed by atoms with E-state index in [1.54, 1.807) is 0 Å². The Kier molecular flexibility index (Phi) is 17.2. The lowest BCUT2D eigenvalue weighted by Crippen LogP contribution is -2.70. The fourth-order valence-corrected chi connectivity index (χ4v) is 18.3. The highest BCUT2D eigenvalue weighted by molar-refractivity contribution is 5.71. The van der Waals surface area contributed by atoms with E-state index in [4.69, 9.17) is 72.0 Å². The number of hydrogen-bond donors (Lipinski definition) is 1. The molecule has 82 heavy (non-hydrogen) atoms. The number of fused-ring (bicyclic) bond motifs is 6. The highest BCUT2D eigenvalue weighted by Crippen LogP contribution is 2.64. The predicted octanol–water partition coefficient (Wildman–Crippen LogP) is 7.13. The molecule has 15 fully saturated rings. The van der Waals surface area contributed by atoms with Crippen LogP contribution in [-0.4, -0.2) is 170 Å². The van der Waals surface area contributed by atoms with Crippen LogP contribution in [0.3, 0.4) is 0 Å². The molecule has 0 radical (unpaired) electrons. The summed E-state index contributed by atoms with van der Waals surface area (Å²) in [5.74, 6) is -1.66. The van der Waals surface area contributed by atoms with Crippen LogP contribution in [0.1, 0.15) is 159 Å². The van der Waals surface area contributed by atoms with Crippen molar-refractivity contribution >= 4 is 17.9 Å². The van der Waals surface area contributed by atoms with Crippen molar-refractivity contribution in [3.8, 4) is 0 Å². The van der Waals surface area contributed by atoms with Gasteiger partial charge in [-0.15, -0.1) is 0 Å². The fourth-order valence-electron chi connectivity index (χ4n) is 18.3. The van der Waals surface area contributed by atoms with Gasteiger partial charge in [-0.05, 0) is 132 Å². The van der Waals surface area contributed by atoms with Gasteiger partial charge in [0.2, 0.25) is 17.4 Å². The van der Waals surface area contributed by atoms with Crippen LogP contribution in [-0.2, 0) is 86.3 Å². The summed E-state index contributed by atoms with van der Waals surface area (Å²) in [5.41, 5.74) is -2.16. The van der Waals surface area contributed by atoms with Gasteiger partial charge in [-0.25, -0.2) is 29.3 Å². The Morgan fingerprint density at radius 1 is 0.415 bits per heavy atom. The average Bonchev–Trinajstić information content (AvgIpc) is 2.69. The highest BCUT2D eigenvalue weighted by Gasteiger charge is 2.72. The standard InChI is InChI=1S/C61H96N2O19/c1-35-10-13-44-38(4)47(71-53-59(44)41(35)16-19-56(7,74-53)77-80-59)32-50(65)68-29-25-62(24-28-64)22-23-63(26-30-69-51(66)33-48-39(5)45-14-11-36(2)42-17-20-57(8)75-54(72-48)60(42,45)81-78-57)27-31-70-52(67)34-49-40(6)46-15-12-37(3)43-18-21-58(9)76-55(73-49)61(43,46)82-79-58/h35-49,53-55,64H,10-34H2,1-9H3/t35-,36-,37-,38-,39-,40-,41+,42+,43+,44+,45+,46+,47?,48?,49?,53-,54-,55-,56+,57+,58+,59-,60-,61-/m1/s1. The van der Waals surface area contributed by atoms with Crippen molar-refractivity contribution in [3.05, 3.63) is 0 Å². The van der Waals surface area contributed by atoms with Crippen molar-refractivity contribution in [1.29, 1.82) is 0 Å². The molecule has 3 unspecified atom stereocenters. The number of nitrogens with zero attached hydrogens (tertiary/aromatic N) is 2. The summed E-state index contributed by atoms with van der Waals surface area (Å²) in [7, 11) is 0. The van der Waals surface area contributed by atoms with Gasteiger partial charge in [-0.1, -0.05) is 41.5 Å². The van der Waals surface area contributed by atoms with E-state index in [2.05, 4.69) is 46.4 Å². The fraction of sp³-hybridized carbons (Fsp3) is 0.951. The number of aliphatic hydroxyl groups excluding tert-OH is 1. The van der Waals surface area contributed by atoms with E-state index in [0.29, 0.717) is 76.3 Å². The minimum absolute atomic E-state index is 0.00468. The minimum Gasteiger partial charge on any atom is -0.464 e. The van der Waals surface area contributed by atoms with Gasteiger partial charge in [0.1, 0.15) is 19.8 Å². The Morgan fingerprint density at radius 3 is 1.02 bits per heavy atom. The summed E-state index contributed by atoms with van der Waals surface area (Å²) in [5, 5.41) is 10.2. The number of aliphatic hydroxyl groups is 1. The normalized spacial score (nSPS) is 48.7. The van der Waals surface area contributed by atoms with Gasteiger partial charge in [0.15, 0.2) is 35.7 Å². The zero-order valence-electron chi connectivity index (χ0n) is 50.3. The van der Waals surface area contributed by atoms with Gasteiger partial charge in [0.05, 0.1) is 44.2 Å². The first-order valence-electron chi connectivity index (χ1n) is 31.8. The van der Waals surface area contributed by atoms with Crippen LogP contribution in [0, 0.1) is 71.0 Å². The molecule has 464 valence electrons. The first kappa shape index (κ1) is 60.1. The van der Waals surface area contributed by atoms with Crippen LogP contribution in [0.25, 0.3) is 0 Å². The smallest absolute Gasteiger partial charge is 0.308 e. The molecule has 3 aliphatic carbocycles. The first-order chi connectivity index (χ1) is 39.2. The van der Waals surface area contributed by atoms with E-state index in [-0.39, 0.29) is 117 Å². The predicted molar refractivity (Wildman–Crippen MR) is 287 cm³/mol. The van der Waals surface area contributed by atoms with Crippen molar-refractivity contribution in [3.63, 3.8) is 0 Å². The quantitative estimate of drug-likeness (QED) is 0.0728. The van der Waals surface area contributed by atoms with Crippen LogP contribution >= 0.6 is 0 Å². The minimum atomic E-state index is -0.920. The molecule has 1 N–H and O–H groups in total. The summed E-state index contributed by atoms with van der Waals surface area (Å²) in [4.78, 5) is 82.3. The molecule has 21 nitrogen and oxygen atoms in total. The van der Waals surface area contributed by atoms with Crippen molar-refractivity contribution < 1.29 is 91.4 Å². The zero-order valence-corrected chi connectivity index (χ0v) is 50.3. The summed E-state index contributed by atoms with van der Waals surface area (Å²) in [6.07, 6.45) is 7.81. The number of hydrogen-bond acceptors (Lipinski definition) is 21. The van der Waals surface area contributed by atoms with Crippen molar-refractivity contribution in [2.75, 3.05) is 65.7 Å². The molecule has 24 atom stereocenters. The van der Waals surface area contributed by atoms with Crippen LogP contribution < -0.4 is 0 Å². The highest BCUT2D eigenvalue weighted by atomic mass is 17.3. The number of esters is 3. The van der Waals surface area contributed by atoms with Gasteiger partial charge in [-0.3, -0.25) is 24.2 Å². The average molecular weight is 1160 g/mol. The Labute approximate surface area is 484 Å². The molecule has 0 aromatic carbocycles. The van der Waals surface area contributed by atoms with E-state index >= 15 is 0 Å². The molecule has 21 heteroatoms. The maximum Gasteiger partial charge on any atom is 0.308 e. The lowest BCUT2D eigenvalue weighted by molar-refractivity contribution is -0.571. The van der Waals surface area contributed by atoms with Gasteiger partial charge in [0.25, 0.3) is 0 Å². The first-order valence-corrected chi connectivity index (χ1v) is 31.8. The van der Waals surface area contributed by atoms with Crippen LogP contribution in [0.5, 0.6) is 0 Å². The third-order valence-corrected chi connectivity index (χ3v) is 23.1. The lowest BCUT2D eigenvalue weighted by atomic mass is 9.57. The van der Waals surface area contributed by atoms with Crippen LogP contribution in [0.4, 0.5) is 0 Å². The summed E-state index contributed by atoms with van der Waals surface area (Å²) < 4.78 is 57.5. The largest absolute Gasteiger partial charge is 0.464 e. The number of ether oxygens (including phenoxy) is 9. The Bertz CT molecular complexity index is 2210. The van der Waals surface area contributed by atoms with E-state index in [1.807, 2.05) is 25.7 Å². The topological polar surface area (TPSA) is 216 Å². The molecule has 3 saturated carbocycles. The third kappa shape index (κ3) is 10.7. The van der Waals surface area contributed by atoms with Gasteiger partial charge in [-0.2, -0.15) is 0 Å². The Balaban J connectivity index is 0.659. The molecule has 0 amide bonds. The number of rotatable bonds is 20. The summed E-state index contributed by atoms with van der Waals surface area (Å²) in [6.45, 7) is 21.5. The Hall–Kier alpha value is -2.19. The van der Waals surface area contributed by atoms with Gasteiger partial charge < -0.3 is 47.7 Å². The van der Waals surface area contributed by atoms with E-state index in [0.717, 1.165) is 57.8 Å². The van der Waals surface area contributed by atoms with Gasteiger partial charge in [0, 0.05) is 76.3 Å². The molecule has 12 saturated heterocycles. The Morgan fingerprint density at radius 2 is 0.720 bits per heavy atom. The van der Waals surface area contributed by atoms with Crippen molar-refractivity contribution in [1.82, 2.24) is 9.80 Å². The molecule has 15 rings (SSSR count). The number of carbonyl (C=O) groups is 3. The van der Waals surface area contributed by atoms with Crippen LogP contribution in [0.2, 0.25) is 0 Å². The van der Waals surface area contributed by atoms with Gasteiger partial charge >= 0.3 is 17.9 Å².